The lowest BCUT2D eigenvalue weighted by Gasteiger charge is -2.15. The van der Waals surface area contributed by atoms with Gasteiger partial charge in [-0.1, -0.05) is 6.58 Å². The molecule has 0 bridgehead atoms. The third-order valence-electron chi connectivity index (χ3n) is 1.34. The predicted octanol–water partition coefficient (Wildman–Crippen LogP) is 3.04. The molecule has 0 aromatic heterocycles. The Kier molecular flexibility index (Phi) is 4.70. The molecule has 0 unspecified atom stereocenters. The number of hydrogen-bond donors (Lipinski definition) is 0. The number of carbonyl (C=O) groups excluding carboxylic acids is 1. The number of halogens is 5. The number of carbonyl (C=O) groups is 1. The van der Waals surface area contributed by atoms with Crippen molar-refractivity contribution < 1.29 is 31.5 Å². The van der Waals surface area contributed by atoms with Gasteiger partial charge in [0.05, 0.1) is 6.42 Å². The van der Waals surface area contributed by atoms with Gasteiger partial charge in [-0.2, -0.15) is 22.0 Å². The molecule has 0 aliphatic carbocycles. The number of esters is 1. The van der Waals surface area contributed by atoms with Gasteiger partial charge >= 0.3 is 18.3 Å². The lowest BCUT2D eigenvalue weighted by molar-refractivity contribution is -0.233. The molecule has 0 saturated heterocycles. The zero-order valence-electron chi connectivity index (χ0n) is 7.61. The van der Waals surface area contributed by atoms with E-state index >= 15 is 0 Å². The second-order valence-electron chi connectivity index (χ2n) is 2.73. The summed E-state index contributed by atoms with van der Waals surface area (Å²) in [5.74, 6) is -1.37. The first-order valence-electron chi connectivity index (χ1n) is 3.96. The van der Waals surface area contributed by atoms with E-state index in [4.69, 9.17) is 0 Å². The summed E-state index contributed by atoms with van der Waals surface area (Å²) in [7, 11) is 0. The van der Waals surface area contributed by atoms with Crippen LogP contribution in [-0.2, 0) is 9.53 Å². The Morgan fingerprint density at radius 1 is 1.20 bits per heavy atom. The monoisotopic (exact) mass is 232 g/mol. The third-order valence-corrected chi connectivity index (χ3v) is 1.34. The van der Waals surface area contributed by atoms with E-state index in [-0.39, 0.29) is 0 Å². The van der Waals surface area contributed by atoms with Crippen molar-refractivity contribution in [3.8, 4) is 0 Å². The summed E-state index contributed by atoms with van der Waals surface area (Å²) in [4.78, 5) is 10.3. The number of ether oxygens (including phenoxy) is 1. The van der Waals surface area contributed by atoms with Gasteiger partial charge in [0, 0.05) is 12.5 Å². The van der Waals surface area contributed by atoms with E-state index in [1.807, 2.05) is 0 Å². The van der Waals surface area contributed by atoms with Gasteiger partial charge in [-0.05, 0) is 6.42 Å². The van der Waals surface area contributed by atoms with E-state index in [0.717, 1.165) is 0 Å². The molecule has 0 aliphatic rings. The van der Waals surface area contributed by atoms with Crippen LogP contribution in [0.25, 0.3) is 0 Å². The van der Waals surface area contributed by atoms with Gasteiger partial charge < -0.3 is 4.74 Å². The molecule has 0 saturated carbocycles. The second-order valence-corrected chi connectivity index (χ2v) is 2.73. The minimum Gasteiger partial charge on any atom is -0.398 e. The topological polar surface area (TPSA) is 26.3 Å². The smallest absolute Gasteiger partial charge is 0.398 e. The Morgan fingerprint density at radius 3 is 2.13 bits per heavy atom. The number of hydrogen-bond acceptors (Lipinski definition) is 2. The summed E-state index contributed by atoms with van der Waals surface area (Å²) >= 11 is 0. The first kappa shape index (κ1) is 13.9. The maximum Gasteiger partial charge on any atom is 0.400 e. The Labute approximate surface area is 82.7 Å². The van der Waals surface area contributed by atoms with Crippen LogP contribution < -0.4 is 0 Å². The molecule has 0 N–H and O–H groups in total. The minimum atomic E-state index is -4.49. The molecule has 0 aromatic rings. The molecular weight excluding hydrogens is 223 g/mol. The second kappa shape index (κ2) is 5.09. The highest BCUT2D eigenvalue weighted by Gasteiger charge is 2.35. The van der Waals surface area contributed by atoms with Crippen molar-refractivity contribution in [1.29, 1.82) is 0 Å². The van der Waals surface area contributed by atoms with Gasteiger partial charge in [-0.3, -0.25) is 0 Å². The van der Waals surface area contributed by atoms with Gasteiger partial charge in [0.25, 0.3) is 0 Å². The Bertz CT molecular complexity index is 234. The molecule has 0 amide bonds. The normalized spacial score (nSPS) is 12.3. The van der Waals surface area contributed by atoms with Crippen LogP contribution in [0.15, 0.2) is 12.7 Å². The SMILES string of the molecule is C=CC(=O)OC(F)(F)CCCC(F)(F)F. The van der Waals surface area contributed by atoms with Crippen LogP contribution in [0.3, 0.4) is 0 Å². The summed E-state index contributed by atoms with van der Waals surface area (Å²) in [6.45, 7) is 2.88. The molecule has 0 heterocycles. The number of alkyl halides is 5. The fourth-order valence-electron chi connectivity index (χ4n) is 0.735. The summed E-state index contributed by atoms with van der Waals surface area (Å²) in [5, 5.41) is 0. The van der Waals surface area contributed by atoms with Crippen molar-refractivity contribution in [3.63, 3.8) is 0 Å². The third kappa shape index (κ3) is 7.90. The Hall–Kier alpha value is -1.14. The van der Waals surface area contributed by atoms with Crippen molar-refractivity contribution in [2.45, 2.75) is 31.5 Å². The summed E-state index contributed by atoms with van der Waals surface area (Å²) < 4.78 is 63.5. The van der Waals surface area contributed by atoms with Gasteiger partial charge in [0.15, 0.2) is 0 Å². The molecule has 2 nitrogen and oxygen atoms in total. The zero-order valence-corrected chi connectivity index (χ0v) is 7.61. The minimum absolute atomic E-state index is 0.512. The lowest BCUT2D eigenvalue weighted by atomic mass is 10.2. The molecule has 0 fully saturated rings. The average molecular weight is 232 g/mol. The highest BCUT2D eigenvalue weighted by atomic mass is 19.4. The Morgan fingerprint density at radius 2 is 1.73 bits per heavy atom. The van der Waals surface area contributed by atoms with Crippen molar-refractivity contribution in [2.24, 2.45) is 0 Å². The van der Waals surface area contributed by atoms with E-state index in [1.54, 1.807) is 0 Å². The zero-order chi connectivity index (χ0) is 12.1. The molecule has 0 atom stereocenters. The fraction of sp³-hybridized carbons (Fsp3) is 0.625. The van der Waals surface area contributed by atoms with E-state index in [0.29, 0.717) is 6.08 Å². The van der Waals surface area contributed by atoms with E-state index < -0.39 is 37.5 Å². The first-order chi connectivity index (χ1) is 6.66. The van der Waals surface area contributed by atoms with Crippen molar-refractivity contribution in [1.82, 2.24) is 0 Å². The van der Waals surface area contributed by atoms with Gasteiger partial charge in [-0.15, -0.1) is 0 Å². The van der Waals surface area contributed by atoms with Gasteiger partial charge in [-0.25, -0.2) is 4.79 Å². The van der Waals surface area contributed by atoms with Crippen LogP contribution in [0.4, 0.5) is 22.0 Å². The van der Waals surface area contributed by atoms with E-state index in [9.17, 15) is 26.7 Å². The van der Waals surface area contributed by atoms with Crippen molar-refractivity contribution >= 4 is 5.97 Å². The van der Waals surface area contributed by atoms with Crippen LogP contribution in [-0.4, -0.2) is 18.3 Å². The Balaban J connectivity index is 3.94. The molecule has 0 aliphatic heterocycles. The maximum atomic E-state index is 12.6. The van der Waals surface area contributed by atoms with E-state index in [1.165, 1.54) is 0 Å². The van der Waals surface area contributed by atoms with Crippen LogP contribution in [0.5, 0.6) is 0 Å². The fourth-order valence-corrected chi connectivity index (χ4v) is 0.735. The molecule has 0 aromatic carbocycles. The molecule has 15 heavy (non-hydrogen) atoms. The lowest BCUT2D eigenvalue weighted by Crippen LogP contribution is -2.24. The highest BCUT2D eigenvalue weighted by Crippen LogP contribution is 2.28. The summed E-state index contributed by atoms with van der Waals surface area (Å²) in [6, 6.07) is 0. The number of rotatable bonds is 5. The van der Waals surface area contributed by atoms with Crippen LogP contribution in [0, 0.1) is 0 Å². The molecule has 0 rings (SSSR count). The predicted molar refractivity (Wildman–Crippen MR) is 41.1 cm³/mol. The molecule has 0 spiro atoms. The molecule has 0 radical (unpaired) electrons. The molecular formula is C8H9F5O2. The highest BCUT2D eigenvalue weighted by molar-refractivity contribution is 5.81. The van der Waals surface area contributed by atoms with Crippen LogP contribution in [0.1, 0.15) is 19.3 Å². The van der Waals surface area contributed by atoms with Crippen molar-refractivity contribution in [3.05, 3.63) is 12.7 Å². The summed E-state index contributed by atoms with van der Waals surface area (Å²) in [5.41, 5.74) is 0. The molecule has 88 valence electrons. The largest absolute Gasteiger partial charge is 0.400 e. The van der Waals surface area contributed by atoms with Crippen molar-refractivity contribution in [2.75, 3.05) is 0 Å². The van der Waals surface area contributed by atoms with Gasteiger partial charge in [0.1, 0.15) is 0 Å². The van der Waals surface area contributed by atoms with Crippen LogP contribution in [0.2, 0.25) is 0 Å². The maximum absolute atomic E-state index is 12.6. The standard InChI is InChI=1S/C8H9F5O2/c1-2-6(14)15-8(12,13)5-3-4-7(9,10)11/h2H,1,3-5H2. The first-order valence-corrected chi connectivity index (χ1v) is 3.96. The van der Waals surface area contributed by atoms with E-state index in [2.05, 4.69) is 11.3 Å². The summed E-state index contributed by atoms with van der Waals surface area (Å²) in [6.07, 6.45) is -11.2. The average Bonchev–Trinajstić information content (AvgIpc) is 2.00. The molecule has 7 heteroatoms. The van der Waals surface area contributed by atoms with Gasteiger partial charge in [0.2, 0.25) is 0 Å². The quantitative estimate of drug-likeness (QED) is 0.413. The van der Waals surface area contributed by atoms with Crippen LogP contribution >= 0.6 is 0 Å².